The van der Waals surface area contributed by atoms with E-state index in [2.05, 4.69) is 5.32 Å². The molecule has 0 saturated carbocycles. The summed E-state index contributed by atoms with van der Waals surface area (Å²) in [6.45, 7) is 4.76. The van der Waals surface area contributed by atoms with Gasteiger partial charge in [-0.1, -0.05) is 6.92 Å². The number of nitrogens with one attached hydrogen (secondary N) is 1. The van der Waals surface area contributed by atoms with E-state index in [9.17, 15) is 18.5 Å². The summed E-state index contributed by atoms with van der Waals surface area (Å²) in [6.07, 6.45) is 1.60. The molecule has 9 heteroatoms. The van der Waals surface area contributed by atoms with Crippen molar-refractivity contribution in [2.24, 2.45) is 5.92 Å². The highest BCUT2D eigenvalue weighted by atomic mass is 32.2. The molecule has 0 unspecified atom stereocenters. The summed E-state index contributed by atoms with van der Waals surface area (Å²) in [5, 5.41) is 14.2. The fourth-order valence-electron chi connectivity index (χ4n) is 2.82. The first-order valence-electron chi connectivity index (χ1n) is 7.93. The summed E-state index contributed by atoms with van der Waals surface area (Å²) in [5.74, 6) is 0.422. The molecule has 1 saturated heterocycles. The van der Waals surface area contributed by atoms with Gasteiger partial charge in [-0.25, -0.2) is 8.42 Å². The summed E-state index contributed by atoms with van der Waals surface area (Å²) in [6, 6.07) is 3.66. The Bertz CT molecular complexity index is 684. The third kappa shape index (κ3) is 4.03. The van der Waals surface area contributed by atoms with Gasteiger partial charge >= 0.3 is 5.69 Å². The van der Waals surface area contributed by atoms with Gasteiger partial charge in [0.15, 0.2) is 5.75 Å². The molecule has 0 spiro atoms. The topological polar surface area (TPSA) is 102 Å². The fourth-order valence-corrected chi connectivity index (χ4v) is 4.31. The average molecular weight is 357 g/mol. The molecule has 0 bridgehead atoms. The number of nitro benzene ring substituents is 1. The summed E-state index contributed by atoms with van der Waals surface area (Å²) in [7, 11) is -2.39. The Morgan fingerprint density at radius 1 is 1.38 bits per heavy atom. The Morgan fingerprint density at radius 2 is 2.04 bits per heavy atom. The van der Waals surface area contributed by atoms with Gasteiger partial charge in [0.2, 0.25) is 10.0 Å². The highest BCUT2D eigenvalue weighted by molar-refractivity contribution is 7.89. The number of hydrogen-bond acceptors (Lipinski definition) is 6. The lowest BCUT2D eigenvalue weighted by Gasteiger charge is -2.31. The van der Waals surface area contributed by atoms with Gasteiger partial charge in [-0.15, -0.1) is 0 Å². The zero-order valence-electron chi connectivity index (χ0n) is 13.9. The molecule has 0 amide bonds. The Labute approximate surface area is 142 Å². The summed E-state index contributed by atoms with van der Waals surface area (Å²) in [5.41, 5.74) is -0.249. The van der Waals surface area contributed by atoms with Gasteiger partial charge in [0.25, 0.3) is 0 Å². The maximum absolute atomic E-state index is 12.7. The van der Waals surface area contributed by atoms with E-state index in [0.29, 0.717) is 19.0 Å². The minimum Gasteiger partial charge on any atom is -0.490 e. The molecule has 24 heavy (non-hydrogen) atoms. The van der Waals surface area contributed by atoms with Crippen molar-refractivity contribution in [1.29, 1.82) is 0 Å². The summed E-state index contributed by atoms with van der Waals surface area (Å²) in [4.78, 5) is 10.4. The van der Waals surface area contributed by atoms with E-state index < -0.39 is 14.9 Å². The monoisotopic (exact) mass is 357 g/mol. The predicted molar refractivity (Wildman–Crippen MR) is 89.7 cm³/mol. The van der Waals surface area contributed by atoms with Crippen LogP contribution in [0, 0.1) is 16.0 Å². The van der Waals surface area contributed by atoms with Gasteiger partial charge in [-0.3, -0.25) is 10.1 Å². The van der Waals surface area contributed by atoms with Crippen LogP contribution in [0.4, 0.5) is 5.69 Å². The molecule has 0 aromatic heterocycles. The second-order valence-electron chi connectivity index (χ2n) is 5.75. The first-order valence-corrected chi connectivity index (χ1v) is 9.37. The third-order valence-electron chi connectivity index (χ3n) is 4.24. The fraction of sp³-hybridized carbons (Fsp3) is 0.600. The largest absolute Gasteiger partial charge is 0.490 e. The molecule has 2 rings (SSSR count). The number of methoxy groups -OCH3 is 1. The molecule has 1 fully saturated rings. The number of piperidine rings is 1. The normalized spacial score (nSPS) is 16.9. The van der Waals surface area contributed by atoms with Crippen LogP contribution in [0.3, 0.4) is 0 Å². The maximum atomic E-state index is 12.7. The first kappa shape index (κ1) is 18.6. The number of nitrogens with zero attached hydrogens (tertiary/aromatic N) is 2. The number of nitro groups is 1. The van der Waals surface area contributed by atoms with E-state index in [-0.39, 0.29) is 16.3 Å². The number of rotatable bonds is 7. The van der Waals surface area contributed by atoms with Crippen molar-refractivity contribution < 1.29 is 18.1 Å². The molecule has 0 atom stereocenters. The van der Waals surface area contributed by atoms with Gasteiger partial charge in [-0.05, 0) is 37.9 Å². The summed E-state index contributed by atoms with van der Waals surface area (Å²) >= 11 is 0. The van der Waals surface area contributed by atoms with Crippen LogP contribution in [-0.4, -0.2) is 50.9 Å². The van der Waals surface area contributed by atoms with E-state index in [0.717, 1.165) is 25.9 Å². The molecule has 1 aromatic carbocycles. The predicted octanol–water partition coefficient (Wildman–Crippen LogP) is 1.61. The molecule has 134 valence electrons. The van der Waals surface area contributed by atoms with Gasteiger partial charge in [0.05, 0.1) is 16.9 Å². The molecule has 1 aliphatic heterocycles. The van der Waals surface area contributed by atoms with E-state index in [1.807, 2.05) is 6.92 Å². The van der Waals surface area contributed by atoms with E-state index >= 15 is 0 Å². The van der Waals surface area contributed by atoms with Gasteiger partial charge in [0, 0.05) is 25.2 Å². The van der Waals surface area contributed by atoms with E-state index in [1.54, 1.807) is 0 Å². The van der Waals surface area contributed by atoms with Crippen LogP contribution < -0.4 is 10.1 Å². The van der Waals surface area contributed by atoms with E-state index in [1.165, 1.54) is 29.6 Å². The minimum atomic E-state index is -3.67. The standard InChI is InChI=1S/C15H23N3O5S/c1-3-16-11-12-6-8-17(9-7-12)24(21,22)13-4-5-14(18(19)20)15(10-13)23-2/h4-5,10,12,16H,3,6-9,11H2,1-2H3. The average Bonchev–Trinajstić information content (AvgIpc) is 2.59. The second kappa shape index (κ2) is 7.91. The Hall–Kier alpha value is -1.71. The van der Waals surface area contributed by atoms with Crippen LogP contribution in [-0.2, 0) is 10.0 Å². The van der Waals surface area contributed by atoms with Crippen LogP contribution in [0.15, 0.2) is 23.1 Å². The molecular weight excluding hydrogens is 334 g/mol. The lowest BCUT2D eigenvalue weighted by molar-refractivity contribution is -0.385. The lowest BCUT2D eigenvalue weighted by Crippen LogP contribution is -2.40. The zero-order valence-corrected chi connectivity index (χ0v) is 14.7. The van der Waals surface area contributed by atoms with E-state index in [4.69, 9.17) is 4.74 Å². The van der Waals surface area contributed by atoms with Gasteiger partial charge in [-0.2, -0.15) is 4.31 Å². The number of sulfonamides is 1. The zero-order chi connectivity index (χ0) is 17.7. The van der Waals surface area contributed by atoms with Crippen molar-refractivity contribution in [3.05, 3.63) is 28.3 Å². The Morgan fingerprint density at radius 3 is 2.58 bits per heavy atom. The third-order valence-corrected chi connectivity index (χ3v) is 6.14. The van der Waals surface area contributed by atoms with Crippen LogP contribution >= 0.6 is 0 Å². The molecule has 0 aliphatic carbocycles. The summed E-state index contributed by atoms with van der Waals surface area (Å²) < 4.78 is 31.9. The second-order valence-corrected chi connectivity index (χ2v) is 7.68. The Balaban J connectivity index is 2.15. The SMILES string of the molecule is CCNCC1CCN(S(=O)(=O)c2ccc([N+](=O)[O-])c(OC)c2)CC1. The van der Waals surface area contributed by atoms with Crippen LogP contribution in [0.1, 0.15) is 19.8 Å². The van der Waals surface area contributed by atoms with Gasteiger partial charge < -0.3 is 10.1 Å². The van der Waals surface area contributed by atoms with Gasteiger partial charge in [0.1, 0.15) is 0 Å². The van der Waals surface area contributed by atoms with Crippen molar-refractivity contribution in [2.75, 3.05) is 33.3 Å². The molecule has 1 aliphatic rings. The van der Waals surface area contributed by atoms with Crippen LogP contribution in [0.5, 0.6) is 5.75 Å². The molecule has 8 nitrogen and oxygen atoms in total. The van der Waals surface area contributed by atoms with Crippen molar-refractivity contribution in [2.45, 2.75) is 24.7 Å². The molecule has 1 heterocycles. The Kier molecular flexibility index (Phi) is 6.14. The van der Waals surface area contributed by atoms with Crippen LogP contribution in [0.25, 0.3) is 0 Å². The highest BCUT2D eigenvalue weighted by Crippen LogP contribution is 2.31. The quantitative estimate of drug-likeness (QED) is 0.588. The van der Waals surface area contributed by atoms with Crippen molar-refractivity contribution in [3.63, 3.8) is 0 Å². The molecule has 1 aromatic rings. The highest BCUT2D eigenvalue weighted by Gasteiger charge is 2.30. The number of benzene rings is 1. The first-order chi connectivity index (χ1) is 11.4. The van der Waals surface area contributed by atoms with Crippen molar-refractivity contribution >= 4 is 15.7 Å². The number of ether oxygens (including phenoxy) is 1. The minimum absolute atomic E-state index is 0.0232. The van der Waals surface area contributed by atoms with Crippen molar-refractivity contribution in [3.8, 4) is 5.75 Å². The maximum Gasteiger partial charge on any atom is 0.310 e. The molecular formula is C15H23N3O5S. The van der Waals surface area contributed by atoms with Crippen molar-refractivity contribution in [1.82, 2.24) is 9.62 Å². The lowest BCUT2D eigenvalue weighted by atomic mass is 9.98. The number of hydrogen-bond donors (Lipinski definition) is 1. The molecule has 1 N–H and O–H groups in total. The smallest absolute Gasteiger partial charge is 0.310 e. The molecule has 0 radical (unpaired) electrons. The van der Waals surface area contributed by atoms with Crippen LogP contribution in [0.2, 0.25) is 0 Å².